The van der Waals surface area contributed by atoms with Gasteiger partial charge in [-0.15, -0.1) is 0 Å². The van der Waals surface area contributed by atoms with Gasteiger partial charge >= 0.3 is 0 Å². The number of nitrogens with one attached hydrogen (secondary N) is 1. The quantitative estimate of drug-likeness (QED) is 0.801. The molecule has 1 unspecified atom stereocenters. The molecule has 0 saturated heterocycles. The van der Waals surface area contributed by atoms with Crippen molar-refractivity contribution >= 4 is 39.1 Å². The topological polar surface area (TPSA) is 38.3 Å². The van der Waals surface area contributed by atoms with Crippen molar-refractivity contribution in [1.82, 2.24) is 0 Å². The fraction of sp³-hybridized carbons (Fsp3) is 0.133. The van der Waals surface area contributed by atoms with Crippen LogP contribution >= 0.6 is 27.5 Å². The maximum atomic E-state index is 14.0. The standard InChI is InChI=1S/C15H10BrClFNO2/c16-15(14-9(17)2-1-3-10(14)18)8-4-5-12-11(6-8)19-13(20)7-21-12/h1-6,15H,7H2,(H,19,20). The van der Waals surface area contributed by atoms with E-state index in [2.05, 4.69) is 21.2 Å². The van der Waals surface area contributed by atoms with Crippen LogP contribution in [0.2, 0.25) is 5.02 Å². The molecule has 0 aromatic heterocycles. The van der Waals surface area contributed by atoms with Gasteiger partial charge in [0.2, 0.25) is 0 Å². The van der Waals surface area contributed by atoms with Gasteiger partial charge < -0.3 is 10.1 Å². The molecule has 2 aromatic carbocycles. The van der Waals surface area contributed by atoms with Crippen LogP contribution in [0.1, 0.15) is 16.0 Å². The van der Waals surface area contributed by atoms with Gasteiger partial charge in [0.15, 0.2) is 6.61 Å². The Morgan fingerprint density at radius 1 is 1.33 bits per heavy atom. The van der Waals surface area contributed by atoms with Gasteiger partial charge in [-0.1, -0.05) is 39.7 Å². The van der Waals surface area contributed by atoms with E-state index in [9.17, 15) is 9.18 Å². The number of anilines is 1. The predicted octanol–water partition coefficient (Wildman–Crippen LogP) is 4.29. The second-order valence-corrected chi connectivity index (χ2v) is 5.91. The van der Waals surface area contributed by atoms with Crippen LogP contribution in [-0.4, -0.2) is 12.5 Å². The number of rotatable bonds is 2. The molecule has 0 bridgehead atoms. The number of carbonyl (C=O) groups is 1. The molecule has 3 rings (SSSR count). The van der Waals surface area contributed by atoms with E-state index in [0.717, 1.165) is 5.56 Å². The Hall–Kier alpha value is -1.59. The Kier molecular flexibility index (Phi) is 3.87. The molecule has 0 spiro atoms. The second-order valence-electron chi connectivity index (χ2n) is 4.59. The SMILES string of the molecule is O=C1COc2ccc(C(Br)c3c(F)cccc3Cl)cc2N1. The summed E-state index contributed by atoms with van der Waals surface area (Å²) in [5, 5.41) is 3.07. The largest absolute Gasteiger partial charge is 0.482 e. The lowest BCUT2D eigenvalue weighted by atomic mass is 10.0. The third-order valence-corrected chi connectivity index (χ3v) is 4.50. The number of hydrogen-bond donors (Lipinski definition) is 1. The van der Waals surface area contributed by atoms with Crippen molar-refractivity contribution in [3.05, 3.63) is 58.4 Å². The summed E-state index contributed by atoms with van der Waals surface area (Å²) >= 11 is 9.54. The van der Waals surface area contributed by atoms with Gasteiger partial charge in [-0.2, -0.15) is 0 Å². The summed E-state index contributed by atoms with van der Waals surface area (Å²) in [6.07, 6.45) is 0. The van der Waals surface area contributed by atoms with Crippen LogP contribution in [0.25, 0.3) is 0 Å². The van der Waals surface area contributed by atoms with Gasteiger partial charge in [0.25, 0.3) is 5.91 Å². The Labute approximate surface area is 134 Å². The first-order valence-electron chi connectivity index (χ1n) is 6.21. The Balaban J connectivity index is 2.01. The molecule has 1 heterocycles. The average molecular weight is 371 g/mol. The molecule has 0 fully saturated rings. The van der Waals surface area contributed by atoms with Crippen LogP contribution in [0.4, 0.5) is 10.1 Å². The highest BCUT2D eigenvalue weighted by Crippen LogP contribution is 2.39. The first-order chi connectivity index (χ1) is 10.1. The molecule has 2 aromatic rings. The van der Waals surface area contributed by atoms with Crippen molar-refractivity contribution in [2.24, 2.45) is 0 Å². The van der Waals surface area contributed by atoms with Crippen LogP contribution < -0.4 is 10.1 Å². The molecule has 0 aliphatic carbocycles. The van der Waals surface area contributed by atoms with Crippen molar-refractivity contribution in [2.75, 3.05) is 11.9 Å². The van der Waals surface area contributed by atoms with Crippen molar-refractivity contribution in [3.8, 4) is 5.75 Å². The van der Waals surface area contributed by atoms with Crippen LogP contribution in [0, 0.1) is 5.82 Å². The molecule has 3 nitrogen and oxygen atoms in total. The summed E-state index contributed by atoms with van der Waals surface area (Å²) in [6, 6.07) is 9.85. The van der Waals surface area contributed by atoms with Crippen molar-refractivity contribution < 1.29 is 13.9 Å². The van der Waals surface area contributed by atoms with Gasteiger partial charge in [-0.25, -0.2) is 4.39 Å². The number of amides is 1. The highest BCUT2D eigenvalue weighted by Gasteiger charge is 2.21. The van der Waals surface area contributed by atoms with E-state index in [1.54, 1.807) is 30.3 Å². The van der Waals surface area contributed by atoms with E-state index in [0.29, 0.717) is 22.0 Å². The smallest absolute Gasteiger partial charge is 0.262 e. The highest BCUT2D eigenvalue weighted by atomic mass is 79.9. The van der Waals surface area contributed by atoms with E-state index in [4.69, 9.17) is 16.3 Å². The van der Waals surface area contributed by atoms with E-state index in [1.165, 1.54) is 6.07 Å². The van der Waals surface area contributed by atoms with E-state index >= 15 is 0 Å². The predicted molar refractivity (Wildman–Crippen MR) is 82.7 cm³/mol. The molecular formula is C15H10BrClFNO2. The van der Waals surface area contributed by atoms with Crippen molar-refractivity contribution in [2.45, 2.75) is 4.83 Å². The summed E-state index contributed by atoms with van der Waals surface area (Å²) in [7, 11) is 0. The zero-order valence-electron chi connectivity index (χ0n) is 10.7. The fourth-order valence-corrected chi connectivity index (χ4v) is 3.33. The molecule has 108 valence electrons. The molecule has 1 atom stereocenters. The number of hydrogen-bond acceptors (Lipinski definition) is 2. The van der Waals surface area contributed by atoms with E-state index in [-0.39, 0.29) is 18.3 Å². The van der Waals surface area contributed by atoms with Gasteiger partial charge in [0.05, 0.1) is 10.5 Å². The zero-order valence-corrected chi connectivity index (χ0v) is 13.0. The number of benzene rings is 2. The molecule has 0 radical (unpaired) electrons. The van der Waals surface area contributed by atoms with Crippen LogP contribution in [0.5, 0.6) is 5.75 Å². The summed E-state index contributed by atoms with van der Waals surface area (Å²) < 4.78 is 19.3. The number of halogens is 3. The first-order valence-corrected chi connectivity index (χ1v) is 7.50. The van der Waals surface area contributed by atoms with Gasteiger partial charge in [0, 0.05) is 10.6 Å². The monoisotopic (exact) mass is 369 g/mol. The second kappa shape index (κ2) is 5.66. The minimum atomic E-state index is -0.421. The molecule has 1 aliphatic heterocycles. The minimum absolute atomic E-state index is 0.00320. The highest BCUT2D eigenvalue weighted by molar-refractivity contribution is 9.09. The maximum absolute atomic E-state index is 14.0. The summed E-state index contributed by atoms with van der Waals surface area (Å²) in [4.78, 5) is 10.9. The van der Waals surface area contributed by atoms with Gasteiger partial charge in [0.1, 0.15) is 11.6 Å². The van der Waals surface area contributed by atoms with Crippen molar-refractivity contribution in [1.29, 1.82) is 0 Å². The van der Waals surface area contributed by atoms with E-state index in [1.807, 2.05) is 0 Å². The molecule has 1 aliphatic rings. The molecule has 0 saturated carbocycles. The van der Waals surface area contributed by atoms with Crippen molar-refractivity contribution in [3.63, 3.8) is 0 Å². The Morgan fingerprint density at radius 2 is 2.14 bits per heavy atom. The molecule has 1 N–H and O–H groups in total. The third-order valence-electron chi connectivity index (χ3n) is 3.18. The molecule has 1 amide bonds. The third kappa shape index (κ3) is 2.76. The van der Waals surface area contributed by atoms with Crippen LogP contribution in [0.3, 0.4) is 0 Å². The first kappa shape index (κ1) is 14.4. The lowest BCUT2D eigenvalue weighted by Gasteiger charge is -2.20. The number of ether oxygens (including phenoxy) is 1. The molecular weight excluding hydrogens is 361 g/mol. The number of carbonyl (C=O) groups excluding carboxylic acids is 1. The summed E-state index contributed by atoms with van der Waals surface area (Å²) in [6.45, 7) is 0.00320. The number of alkyl halides is 1. The Morgan fingerprint density at radius 3 is 2.90 bits per heavy atom. The summed E-state index contributed by atoms with van der Waals surface area (Å²) in [5.41, 5.74) is 1.70. The summed E-state index contributed by atoms with van der Waals surface area (Å²) in [5.74, 6) is -0.00485. The lowest BCUT2D eigenvalue weighted by molar-refractivity contribution is -0.118. The lowest BCUT2D eigenvalue weighted by Crippen LogP contribution is -2.25. The average Bonchev–Trinajstić information content (AvgIpc) is 2.46. The normalized spacial score (nSPS) is 14.9. The number of fused-ring (bicyclic) bond motifs is 1. The fourth-order valence-electron chi connectivity index (χ4n) is 2.18. The van der Waals surface area contributed by atoms with Gasteiger partial charge in [-0.05, 0) is 29.8 Å². The Bertz CT molecular complexity index is 703. The zero-order chi connectivity index (χ0) is 15.0. The molecule has 6 heteroatoms. The van der Waals surface area contributed by atoms with E-state index < -0.39 is 4.83 Å². The minimum Gasteiger partial charge on any atom is -0.482 e. The van der Waals surface area contributed by atoms with Gasteiger partial charge in [-0.3, -0.25) is 4.79 Å². The van der Waals surface area contributed by atoms with Crippen LogP contribution in [0.15, 0.2) is 36.4 Å². The molecule has 21 heavy (non-hydrogen) atoms. The van der Waals surface area contributed by atoms with Crippen LogP contribution in [-0.2, 0) is 4.79 Å². The maximum Gasteiger partial charge on any atom is 0.262 e.